The van der Waals surface area contributed by atoms with Gasteiger partial charge in [0.1, 0.15) is 18.3 Å². The molecule has 0 aromatic carbocycles. The van der Waals surface area contributed by atoms with Gasteiger partial charge >= 0.3 is 12.1 Å². The Kier molecular flexibility index (Phi) is 2.18. The Morgan fingerprint density at radius 2 is 2.06 bits per heavy atom. The van der Waals surface area contributed by atoms with Crippen molar-refractivity contribution >= 4 is 12.1 Å². The van der Waals surface area contributed by atoms with Crippen LogP contribution in [0.4, 0.5) is 4.79 Å². The average molecular weight is 238 g/mol. The van der Waals surface area contributed by atoms with Gasteiger partial charge in [0, 0.05) is 17.4 Å². The molecule has 1 heterocycles. The summed E-state index contributed by atoms with van der Waals surface area (Å²) in [6.45, 7) is 5.18. The van der Waals surface area contributed by atoms with Crippen LogP contribution in [-0.4, -0.2) is 30.4 Å². The first-order valence-electron chi connectivity index (χ1n) is 5.80. The predicted molar refractivity (Wildman–Crippen MR) is 56.1 cm³/mol. The summed E-state index contributed by atoms with van der Waals surface area (Å²) < 4.78 is 15.6. The molecule has 5 nitrogen and oxygen atoms in total. The van der Waals surface area contributed by atoms with Crippen LogP contribution in [0.5, 0.6) is 0 Å². The molecule has 3 aliphatic rings. The van der Waals surface area contributed by atoms with Gasteiger partial charge in [-0.1, -0.05) is 6.58 Å². The van der Waals surface area contributed by atoms with Crippen LogP contribution < -0.4 is 0 Å². The SMILES string of the molecule is C=C(C)C(=O)OC1CC2CC1C1OC(=O)OC21. The van der Waals surface area contributed by atoms with E-state index in [1.807, 2.05) is 0 Å². The molecule has 0 aromatic heterocycles. The maximum atomic E-state index is 11.5. The highest BCUT2D eigenvalue weighted by molar-refractivity contribution is 5.87. The second-order valence-corrected chi connectivity index (χ2v) is 5.03. The highest BCUT2D eigenvalue weighted by atomic mass is 16.8. The van der Waals surface area contributed by atoms with Crippen molar-refractivity contribution in [2.75, 3.05) is 0 Å². The minimum absolute atomic E-state index is 0.0831. The van der Waals surface area contributed by atoms with Crippen LogP contribution in [0.15, 0.2) is 12.2 Å². The van der Waals surface area contributed by atoms with E-state index in [0.29, 0.717) is 5.57 Å². The summed E-state index contributed by atoms with van der Waals surface area (Å²) in [5.74, 6) is -0.0246. The van der Waals surface area contributed by atoms with Gasteiger partial charge in [0.2, 0.25) is 0 Å². The Morgan fingerprint density at radius 3 is 2.76 bits per heavy atom. The highest BCUT2D eigenvalue weighted by Gasteiger charge is 2.61. The number of ether oxygens (including phenoxy) is 3. The Bertz CT molecular complexity index is 402. The van der Waals surface area contributed by atoms with E-state index >= 15 is 0 Å². The van der Waals surface area contributed by atoms with E-state index in [9.17, 15) is 9.59 Å². The van der Waals surface area contributed by atoms with Crippen molar-refractivity contribution in [3.8, 4) is 0 Å². The lowest BCUT2D eigenvalue weighted by Crippen LogP contribution is -2.39. The molecule has 0 radical (unpaired) electrons. The minimum atomic E-state index is -0.596. The topological polar surface area (TPSA) is 61.8 Å². The summed E-state index contributed by atoms with van der Waals surface area (Å²) in [4.78, 5) is 22.5. The van der Waals surface area contributed by atoms with E-state index in [0.717, 1.165) is 12.8 Å². The van der Waals surface area contributed by atoms with Crippen LogP contribution in [0.1, 0.15) is 19.8 Å². The van der Waals surface area contributed by atoms with Crippen molar-refractivity contribution in [1.82, 2.24) is 0 Å². The molecule has 5 atom stereocenters. The number of fused-ring (bicyclic) bond motifs is 5. The number of rotatable bonds is 2. The van der Waals surface area contributed by atoms with Gasteiger partial charge in [0.25, 0.3) is 0 Å². The summed E-state index contributed by atoms with van der Waals surface area (Å²) >= 11 is 0. The lowest BCUT2D eigenvalue weighted by Gasteiger charge is -2.27. The molecule has 0 amide bonds. The molecule has 0 N–H and O–H groups in total. The normalized spacial score (nSPS) is 41.7. The van der Waals surface area contributed by atoms with E-state index in [-0.39, 0.29) is 36.1 Å². The van der Waals surface area contributed by atoms with Crippen molar-refractivity contribution in [3.63, 3.8) is 0 Å². The Morgan fingerprint density at radius 1 is 1.35 bits per heavy atom. The maximum absolute atomic E-state index is 11.5. The summed E-state index contributed by atoms with van der Waals surface area (Å²) in [6, 6.07) is 0. The Labute approximate surface area is 98.7 Å². The van der Waals surface area contributed by atoms with E-state index in [1.165, 1.54) is 0 Å². The zero-order valence-corrected chi connectivity index (χ0v) is 9.55. The zero-order chi connectivity index (χ0) is 12.2. The average Bonchev–Trinajstić information content (AvgIpc) is 2.87. The van der Waals surface area contributed by atoms with E-state index in [1.54, 1.807) is 6.92 Å². The molecule has 2 aliphatic carbocycles. The van der Waals surface area contributed by atoms with Gasteiger partial charge in [0.15, 0.2) is 0 Å². The van der Waals surface area contributed by atoms with Gasteiger partial charge < -0.3 is 14.2 Å². The Hall–Kier alpha value is -1.52. The van der Waals surface area contributed by atoms with Crippen molar-refractivity contribution in [2.24, 2.45) is 11.8 Å². The van der Waals surface area contributed by atoms with Crippen molar-refractivity contribution < 1.29 is 23.8 Å². The second-order valence-electron chi connectivity index (χ2n) is 5.03. The maximum Gasteiger partial charge on any atom is 0.509 e. The fraction of sp³-hybridized carbons (Fsp3) is 0.667. The number of carbonyl (C=O) groups is 2. The summed E-state index contributed by atoms with van der Waals surface area (Å²) in [7, 11) is 0. The van der Waals surface area contributed by atoms with Crippen molar-refractivity contribution in [3.05, 3.63) is 12.2 Å². The molecule has 0 aromatic rings. The van der Waals surface area contributed by atoms with Gasteiger partial charge in [-0.3, -0.25) is 0 Å². The fourth-order valence-electron chi connectivity index (χ4n) is 3.14. The first kappa shape index (κ1) is 10.6. The first-order valence-corrected chi connectivity index (χ1v) is 5.80. The van der Waals surface area contributed by atoms with Crippen molar-refractivity contribution in [1.29, 1.82) is 0 Å². The monoisotopic (exact) mass is 238 g/mol. The standard InChI is InChI=1S/C12H14O5/c1-5(2)11(13)15-8-4-6-3-7(8)10-9(6)16-12(14)17-10/h6-10H,1,3-4H2,2H3. The lowest BCUT2D eigenvalue weighted by atomic mass is 9.92. The molecule has 1 saturated heterocycles. The number of esters is 1. The molecule has 1 aliphatic heterocycles. The van der Waals surface area contributed by atoms with E-state index in [4.69, 9.17) is 14.2 Å². The largest absolute Gasteiger partial charge is 0.509 e. The summed E-state index contributed by atoms with van der Waals surface area (Å²) in [6.07, 6.45) is 0.524. The third-order valence-corrected chi connectivity index (χ3v) is 3.87. The van der Waals surface area contributed by atoms with Gasteiger partial charge in [-0.05, 0) is 19.8 Å². The third-order valence-electron chi connectivity index (χ3n) is 3.87. The third kappa shape index (κ3) is 1.52. The van der Waals surface area contributed by atoms with Crippen LogP contribution in [0, 0.1) is 11.8 Å². The van der Waals surface area contributed by atoms with Gasteiger partial charge in [-0.2, -0.15) is 0 Å². The molecule has 2 saturated carbocycles. The molecule has 92 valence electrons. The molecule has 0 spiro atoms. The quantitative estimate of drug-likeness (QED) is 0.537. The zero-order valence-electron chi connectivity index (χ0n) is 9.55. The van der Waals surface area contributed by atoms with E-state index < -0.39 is 6.16 Å². The van der Waals surface area contributed by atoms with Gasteiger partial charge in [-0.15, -0.1) is 0 Å². The summed E-state index contributed by atoms with van der Waals surface area (Å²) in [5.41, 5.74) is 0.393. The summed E-state index contributed by atoms with van der Waals surface area (Å²) in [5, 5.41) is 0. The second kappa shape index (κ2) is 3.48. The number of hydrogen-bond acceptors (Lipinski definition) is 5. The number of hydrogen-bond donors (Lipinski definition) is 0. The molecule has 5 unspecified atom stereocenters. The smallest absolute Gasteiger partial charge is 0.459 e. The Balaban J connectivity index is 1.70. The van der Waals surface area contributed by atoms with Crippen LogP contribution >= 0.6 is 0 Å². The number of carbonyl (C=O) groups excluding carboxylic acids is 2. The van der Waals surface area contributed by atoms with Crippen LogP contribution in [-0.2, 0) is 19.0 Å². The molecular formula is C12H14O5. The fourth-order valence-corrected chi connectivity index (χ4v) is 3.14. The molecule has 3 fully saturated rings. The minimum Gasteiger partial charge on any atom is -0.459 e. The van der Waals surface area contributed by atoms with Crippen LogP contribution in [0.2, 0.25) is 0 Å². The van der Waals surface area contributed by atoms with Gasteiger partial charge in [0.05, 0.1) is 0 Å². The van der Waals surface area contributed by atoms with Crippen LogP contribution in [0.25, 0.3) is 0 Å². The first-order chi connectivity index (χ1) is 8.06. The molecule has 2 bridgehead atoms. The van der Waals surface area contributed by atoms with Crippen molar-refractivity contribution in [2.45, 2.75) is 38.1 Å². The van der Waals surface area contributed by atoms with Crippen LogP contribution in [0.3, 0.4) is 0 Å². The lowest BCUT2D eigenvalue weighted by molar-refractivity contribution is -0.149. The molecule has 3 rings (SSSR count). The highest BCUT2D eigenvalue weighted by Crippen LogP contribution is 2.51. The predicted octanol–water partition coefficient (Wildman–Crippen LogP) is 1.42. The molecular weight excluding hydrogens is 224 g/mol. The molecule has 5 heteroatoms. The van der Waals surface area contributed by atoms with E-state index in [2.05, 4.69) is 6.58 Å². The molecule has 17 heavy (non-hydrogen) atoms. The van der Waals surface area contributed by atoms with Gasteiger partial charge in [-0.25, -0.2) is 9.59 Å².